The lowest BCUT2D eigenvalue weighted by Gasteiger charge is -2.15. The summed E-state index contributed by atoms with van der Waals surface area (Å²) < 4.78 is 5.27. The molecule has 9 heteroatoms. The minimum atomic E-state index is -0.653. The number of aliphatic hydroxyl groups excluding tert-OH is 1. The molecule has 4 rings (SSSR count). The van der Waals surface area contributed by atoms with Gasteiger partial charge in [0.05, 0.1) is 22.3 Å². The number of thioether (sulfide) groups is 1. The molecule has 0 bridgehead atoms. The fourth-order valence-electron chi connectivity index (χ4n) is 3.57. The molecule has 0 atom stereocenters. The summed E-state index contributed by atoms with van der Waals surface area (Å²) in [5.74, 6) is -0.575. The van der Waals surface area contributed by atoms with Crippen molar-refractivity contribution in [3.05, 3.63) is 65.7 Å². The van der Waals surface area contributed by atoms with Crippen LogP contribution in [0.25, 0.3) is 16.6 Å². The zero-order valence-electron chi connectivity index (χ0n) is 17.8. The van der Waals surface area contributed by atoms with Crippen LogP contribution in [0.2, 0.25) is 0 Å². The van der Waals surface area contributed by atoms with Crippen LogP contribution in [0, 0.1) is 11.3 Å². The normalized spacial score (nSPS) is 14.1. The topological polar surface area (TPSA) is 119 Å². The fraction of sp³-hybridized carbons (Fsp3) is 0.250. The molecule has 1 aliphatic rings. The van der Waals surface area contributed by atoms with Gasteiger partial charge in [-0.2, -0.15) is 5.26 Å². The predicted molar refractivity (Wildman–Crippen MR) is 125 cm³/mol. The number of para-hydroxylation sites is 2. The highest BCUT2D eigenvalue weighted by atomic mass is 32.2. The molecule has 1 aromatic heterocycles. The van der Waals surface area contributed by atoms with Crippen LogP contribution in [0.3, 0.4) is 0 Å². The van der Waals surface area contributed by atoms with E-state index in [2.05, 4.69) is 9.97 Å². The van der Waals surface area contributed by atoms with E-state index in [4.69, 9.17) is 4.74 Å². The Balaban J connectivity index is 1.43. The number of nitrogens with zero attached hydrogens (tertiary/aromatic N) is 3. The molecule has 0 aliphatic carbocycles. The first-order valence-electron chi connectivity index (χ1n) is 10.5. The molecule has 2 heterocycles. The summed E-state index contributed by atoms with van der Waals surface area (Å²) in [5.41, 5.74) is 1.57. The molecule has 1 aliphatic heterocycles. The molecule has 3 aromatic rings. The maximum absolute atomic E-state index is 12.7. The number of rotatable bonds is 7. The molecule has 2 aromatic carbocycles. The van der Waals surface area contributed by atoms with E-state index >= 15 is 0 Å². The van der Waals surface area contributed by atoms with Crippen molar-refractivity contribution < 1.29 is 19.4 Å². The standard InChI is InChI=1S/C24H22N4O4S/c25-13-17(23-26-18-8-2-3-9-19(18)27-23)20(29)14-32-24(31)16-7-1-4-10-21(16)33-15-22(30)28-11-5-6-12-28/h1-4,7-10,29H,5-6,11-12,14-15H2,(H,26,27). The first kappa shape index (κ1) is 22.4. The number of nitrogens with one attached hydrogen (secondary N) is 1. The Hall–Kier alpha value is -3.77. The average Bonchev–Trinajstić information content (AvgIpc) is 3.52. The monoisotopic (exact) mass is 462 g/mol. The quantitative estimate of drug-likeness (QED) is 0.236. The third-order valence-corrected chi connectivity index (χ3v) is 6.34. The lowest BCUT2D eigenvalue weighted by atomic mass is 10.2. The molecule has 0 saturated carbocycles. The molecule has 168 valence electrons. The maximum atomic E-state index is 12.7. The molecule has 8 nitrogen and oxygen atoms in total. The number of aliphatic hydroxyl groups is 1. The number of hydrogen-bond acceptors (Lipinski definition) is 7. The number of allylic oxidation sites excluding steroid dienone is 1. The van der Waals surface area contributed by atoms with Crippen LogP contribution in [0.15, 0.2) is 59.2 Å². The number of amides is 1. The number of aromatic nitrogens is 2. The SMILES string of the molecule is N#CC(=C(O)COC(=O)c1ccccc1SCC(=O)N1CCCC1)c1nc2ccccc2[nH]1. The fourth-order valence-corrected chi connectivity index (χ4v) is 4.51. The predicted octanol–water partition coefficient (Wildman–Crippen LogP) is 3.93. The molecular formula is C24H22N4O4S. The van der Waals surface area contributed by atoms with Gasteiger partial charge in [-0.3, -0.25) is 4.79 Å². The Bertz CT molecular complexity index is 1220. The van der Waals surface area contributed by atoms with Gasteiger partial charge in [0, 0.05) is 18.0 Å². The molecule has 0 spiro atoms. The van der Waals surface area contributed by atoms with E-state index in [9.17, 15) is 20.0 Å². The second kappa shape index (κ2) is 10.2. The second-order valence-electron chi connectivity index (χ2n) is 7.48. The number of H-pyrrole nitrogens is 1. The first-order chi connectivity index (χ1) is 16.1. The highest BCUT2D eigenvalue weighted by Crippen LogP contribution is 2.25. The lowest BCUT2D eigenvalue weighted by molar-refractivity contribution is -0.127. The number of aromatic amines is 1. The van der Waals surface area contributed by atoms with Crippen LogP contribution in [0.5, 0.6) is 0 Å². The molecule has 1 amide bonds. The van der Waals surface area contributed by atoms with Crippen LogP contribution in [0.1, 0.15) is 29.0 Å². The Labute approximate surface area is 194 Å². The van der Waals surface area contributed by atoms with Crippen molar-refractivity contribution >= 4 is 40.2 Å². The number of likely N-dealkylation sites (tertiary alicyclic amines) is 1. The average molecular weight is 463 g/mol. The van der Waals surface area contributed by atoms with Crippen molar-refractivity contribution in [1.82, 2.24) is 14.9 Å². The van der Waals surface area contributed by atoms with E-state index in [-0.39, 0.29) is 23.1 Å². The van der Waals surface area contributed by atoms with Gasteiger partial charge in [0.2, 0.25) is 5.91 Å². The molecule has 2 N–H and O–H groups in total. The number of imidazole rings is 1. The van der Waals surface area contributed by atoms with Crippen molar-refractivity contribution in [3.8, 4) is 6.07 Å². The van der Waals surface area contributed by atoms with Crippen molar-refractivity contribution in [2.75, 3.05) is 25.4 Å². The maximum Gasteiger partial charge on any atom is 0.339 e. The molecule has 0 unspecified atom stereocenters. The van der Waals surface area contributed by atoms with Crippen molar-refractivity contribution in [1.29, 1.82) is 5.26 Å². The van der Waals surface area contributed by atoms with Gasteiger partial charge in [-0.15, -0.1) is 11.8 Å². The number of esters is 1. The zero-order chi connectivity index (χ0) is 23.2. The van der Waals surface area contributed by atoms with Gasteiger partial charge in [-0.1, -0.05) is 24.3 Å². The van der Waals surface area contributed by atoms with E-state index in [1.54, 1.807) is 36.4 Å². The highest BCUT2D eigenvalue weighted by molar-refractivity contribution is 8.00. The Morgan fingerprint density at radius 2 is 1.88 bits per heavy atom. The largest absolute Gasteiger partial charge is 0.507 e. The summed E-state index contributed by atoms with van der Waals surface area (Å²) in [4.78, 5) is 34.8. The van der Waals surface area contributed by atoms with Gasteiger partial charge < -0.3 is 19.7 Å². The minimum absolute atomic E-state index is 0.0470. The van der Waals surface area contributed by atoms with Crippen LogP contribution in [0.4, 0.5) is 0 Å². The minimum Gasteiger partial charge on any atom is -0.507 e. The van der Waals surface area contributed by atoms with Crippen LogP contribution < -0.4 is 0 Å². The summed E-state index contributed by atoms with van der Waals surface area (Å²) in [6.07, 6.45) is 2.05. The van der Waals surface area contributed by atoms with Crippen LogP contribution >= 0.6 is 11.8 Å². The second-order valence-corrected chi connectivity index (χ2v) is 8.50. The Morgan fingerprint density at radius 1 is 1.15 bits per heavy atom. The summed E-state index contributed by atoms with van der Waals surface area (Å²) in [6, 6.07) is 16.0. The van der Waals surface area contributed by atoms with E-state index < -0.39 is 18.3 Å². The number of ether oxygens (including phenoxy) is 1. The number of carbonyl (C=O) groups is 2. The van der Waals surface area contributed by atoms with Crippen LogP contribution in [-0.2, 0) is 9.53 Å². The number of fused-ring (bicyclic) bond motifs is 1. The number of carbonyl (C=O) groups excluding carboxylic acids is 2. The number of nitriles is 1. The van der Waals surface area contributed by atoms with Gasteiger partial charge in [0.25, 0.3) is 0 Å². The lowest BCUT2D eigenvalue weighted by Crippen LogP contribution is -2.29. The summed E-state index contributed by atoms with van der Waals surface area (Å²) in [6.45, 7) is 1.08. The highest BCUT2D eigenvalue weighted by Gasteiger charge is 2.20. The van der Waals surface area contributed by atoms with Crippen LogP contribution in [-0.4, -0.2) is 57.3 Å². The van der Waals surface area contributed by atoms with Crippen molar-refractivity contribution in [2.24, 2.45) is 0 Å². The number of benzene rings is 2. The van der Waals surface area contributed by atoms with Gasteiger partial charge in [0.1, 0.15) is 18.2 Å². The molecule has 1 saturated heterocycles. The van der Waals surface area contributed by atoms with E-state index in [0.717, 1.165) is 31.4 Å². The van der Waals surface area contributed by atoms with Gasteiger partial charge in [-0.05, 0) is 37.1 Å². The van der Waals surface area contributed by atoms with Gasteiger partial charge in [-0.25, -0.2) is 9.78 Å². The summed E-state index contributed by atoms with van der Waals surface area (Å²) in [7, 11) is 0. The molecular weight excluding hydrogens is 440 g/mol. The molecule has 33 heavy (non-hydrogen) atoms. The van der Waals surface area contributed by atoms with E-state index in [1.165, 1.54) is 11.8 Å². The summed E-state index contributed by atoms with van der Waals surface area (Å²) in [5, 5.41) is 19.9. The third kappa shape index (κ3) is 5.18. The first-order valence-corrected chi connectivity index (χ1v) is 11.5. The van der Waals surface area contributed by atoms with E-state index in [1.807, 2.05) is 23.1 Å². The van der Waals surface area contributed by atoms with E-state index in [0.29, 0.717) is 16.0 Å². The Morgan fingerprint density at radius 3 is 2.64 bits per heavy atom. The molecule has 0 radical (unpaired) electrons. The zero-order valence-corrected chi connectivity index (χ0v) is 18.6. The Kier molecular flexibility index (Phi) is 6.95. The van der Waals surface area contributed by atoms with Gasteiger partial charge in [0.15, 0.2) is 11.6 Å². The van der Waals surface area contributed by atoms with Crippen molar-refractivity contribution in [2.45, 2.75) is 17.7 Å². The third-order valence-electron chi connectivity index (χ3n) is 5.28. The van der Waals surface area contributed by atoms with Gasteiger partial charge >= 0.3 is 5.97 Å². The number of hydrogen-bond donors (Lipinski definition) is 2. The van der Waals surface area contributed by atoms with Crippen molar-refractivity contribution in [3.63, 3.8) is 0 Å². The smallest absolute Gasteiger partial charge is 0.339 e. The molecule has 1 fully saturated rings. The summed E-state index contributed by atoms with van der Waals surface area (Å²) >= 11 is 1.28.